The van der Waals surface area contributed by atoms with Crippen LogP contribution in [0.15, 0.2) is 11.6 Å². The maximum absolute atomic E-state index is 11.9. The Balaban J connectivity index is 2.22. The molecule has 3 atom stereocenters. The smallest absolute Gasteiger partial charge is 0.159 e. The zero-order valence-corrected chi connectivity index (χ0v) is 9.42. The van der Waals surface area contributed by atoms with E-state index < -0.39 is 0 Å². The van der Waals surface area contributed by atoms with Crippen LogP contribution in [0.5, 0.6) is 0 Å². The number of fused-ring (bicyclic) bond motifs is 1. The Hall–Kier alpha value is -0.590. The van der Waals surface area contributed by atoms with E-state index in [0.29, 0.717) is 23.5 Å². The van der Waals surface area contributed by atoms with E-state index in [1.54, 1.807) is 0 Å². The van der Waals surface area contributed by atoms with Crippen LogP contribution in [0.4, 0.5) is 0 Å². The van der Waals surface area contributed by atoms with Crippen LogP contribution in [0.1, 0.15) is 40.0 Å². The lowest BCUT2D eigenvalue weighted by Gasteiger charge is -2.28. The van der Waals surface area contributed by atoms with Crippen LogP contribution in [0.3, 0.4) is 0 Å². The molecule has 1 heteroatoms. The fraction of sp³-hybridized carbons (Fsp3) is 0.769. The van der Waals surface area contributed by atoms with Crippen molar-refractivity contribution in [3.63, 3.8) is 0 Å². The molecule has 1 nitrogen and oxygen atoms in total. The molecule has 14 heavy (non-hydrogen) atoms. The highest BCUT2D eigenvalue weighted by atomic mass is 16.1. The molecule has 0 aromatic rings. The number of allylic oxidation sites excluding steroid dienone is 2. The first-order chi connectivity index (χ1) is 6.59. The summed E-state index contributed by atoms with van der Waals surface area (Å²) < 4.78 is 0. The molecule has 0 saturated heterocycles. The van der Waals surface area contributed by atoms with Gasteiger partial charge in [-0.2, -0.15) is 0 Å². The Labute approximate surface area is 86.6 Å². The first-order valence-electron chi connectivity index (χ1n) is 5.84. The van der Waals surface area contributed by atoms with Crippen LogP contribution < -0.4 is 0 Å². The van der Waals surface area contributed by atoms with E-state index in [1.165, 1.54) is 18.4 Å². The van der Waals surface area contributed by atoms with Crippen molar-refractivity contribution < 1.29 is 4.79 Å². The van der Waals surface area contributed by atoms with E-state index in [-0.39, 0.29) is 0 Å². The van der Waals surface area contributed by atoms with E-state index in [0.717, 1.165) is 12.3 Å². The highest BCUT2D eigenvalue weighted by molar-refractivity contribution is 5.93. The molecule has 0 N–H and O–H groups in total. The Morgan fingerprint density at radius 3 is 2.71 bits per heavy atom. The van der Waals surface area contributed by atoms with Gasteiger partial charge in [-0.05, 0) is 43.1 Å². The van der Waals surface area contributed by atoms with Crippen molar-refractivity contribution in [3.8, 4) is 0 Å². The molecule has 1 fully saturated rings. The van der Waals surface area contributed by atoms with Gasteiger partial charge in [-0.3, -0.25) is 4.79 Å². The highest BCUT2D eigenvalue weighted by Gasteiger charge is 2.40. The predicted molar refractivity (Wildman–Crippen MR) is 57.9 cm³/mol. The first-order valence-corrected chi connectivity index (χ1v) is 5.84. The van der Waals surface area contributed by atoms with Crippen molar-refractivity contribution in [2.24, 2.45) is 23.7 Å². The summed E-state index contributed by atoms with van der Waals surface area (Å²) >= 11 is 0. The van der Waals surface area contributed by atoms with Crippen LogP contribution in [-0.2, 0) is 4.79 Å². The average Bonchev–Trinajstić information content (AvgIpc) is 2.48. The fourth-order valence-corrected chi connectivity index (χ4v) is 2.99. The van der Waals surface area contributed by atoms with Gasteiger partial charge in [-0.1, -0.05) is 26.3 Å². The standard InChI is InChI=1S/C13H20O/c1-8(2)10-6-12-9(3)4-5-11(12)13(14)7-10/h7-9,11-12H,4-6H2,1-3H3. The summed E-state index contributed by atoms with van der Waals surface area (Å²) in [5.41, 5.74) is 1.38. The van der Waals surface area contributed by atoms with Crippen LogP contribution in [-0.4, -0.2) is 5.78 Å². The molecule has 78 valence electrons. The van der Waals surface area contributed by atoms with Gasteiger partial charge in [0.15, 0.2) is 5.78 Å². The van der Waals surface area contributed by atoms with Crippen molar-refractivity contribution in [2.75, 3.05) is 0 Å². The first kappa shape index (κ1) is 9.95. The number of ketones is 1. The lowest BCUT2D eigenvalue weighted by atomic mass is 9.75. The Morgan fingerprint density at radius 2 is 2.07 bits per heavy atom. The SMILES string of the molecule is CC(C)C1=CC(=O)C2CCC(C)C2C1. The molecule has 0 aromatic heterocycles. The third-order valence-corrected chi connectivity index (χ3v) is 4.09. The van der Waals surface area contributed by atoms with Crippen molar-refractivity contribution in [2.45, 2.75) is 40.0 Å². The topological polar surface area (TPSA) is 17.1 Å². The molecule has 0 spiro atoms. The molecule has 0 amide bonds. The second kappa shape index (κ2) is 3.52. The van der Waals surface area contributed by atoms with E-state index >= 15 is 0 Å². The molecule has 0 bridgehead atoms. The van der Waals surface area contributed by atoms with Gasteiger partial charge in [0, 0.05) is 5.92 Å². The molecular weight excluding hydrogens is 172 g/mol. The van der Waals surface area contributed by atoms with Crippen molar-refractivity contribution >= 4 is 5.78 Å². The summed E-state index contributed by atoms with van der Waals surface area (Å²) in [6, 6.07) is 0. The van der Waals surface area contributed by atoms with Gasteiger partial charge in [-0.25, -0.2) is 0 Å². The van der Waals surface area contributed by atoms with Crippen LogP contribution >= 0.6 is 0 Å². The number of carbonyl (C=O) groups excluding carboxylic acids is 1. The van der Waals surface area contributed by atoms with Gasteiger partial charge < -0.3 is 0 Å². The van der Waals surface area contributed by atoms with Gasteiger partial charge in [0.25, 0.3) is 0 Å². The zero-order valence-electron chi connectivity index (χ0n) is 9.42. The largest absolute Gasteiger partial charge is 0.295 e. The zero-order chi connectivity index (χ0) is 10.3. The summed E-state index contributed by atoms with van der Waals surface area (Å²) in [5.74, 6) is 2.74. The van der Waals surface area contributed by atoms with E-state index in [2.05, 4.69) is 20.8 Å². The maximum atomic E-state index is 11.9. The normalized spacial score (nSPS) is 37.3. The van der Waals surface area contributed by atoms with Crippen molar-refractivity contribution in [1.82, 2.24) is 0 Å². The van der Waals surface area contributed by atoms with Crippen molar-refractivity contribution in [3.05, 3.63) is 11.6 Å². The minimum Gasteiger partial charge on any atom is -0.295 e. The number of rotatable bonds is 1. The molecule has 2 aliphatic rings. The quantitative estimate of drug-likeness (QED) is 0.623. The van der Waals surface area contributed by atoms with E-state index in [4.69, 9.17) is 0 Å². The highest BCUT2D eigenvalue weighted by Crippen LogP contribution is 2.44. The minimum absolute atomic E-state index is 0.368. The van der Waals surface area contributed by atoms with Crippen LogP contribution in [0.25, 0.3) is 0 Å². The molecule has 0 aliphatic heterocycles. The molecule has 0 radical (unpaired) electrons. The molecule has 0 aromatic carbocycles. The lowest BCUT2D eigenvalue weighted by Crippen LogP contribution is -2.26. The minimum atomic E-state index is 0.368. The number of hydrogen-bond acceptors (Lipinski definition) is 1. The number of hydrogen-bond donors (Lipinski definition) is 0. The van der Waals surface area contributed by atoms with E-state index in [1.807, 2.05) is 6.08 Å². The fourth-order valence-electron chi connectivity index (χ4n) is 2.99. The molecule has 3 unspecified atom stereocenters. The Morgan fingerprint density at radius 1 is 1.36 bits per heavy atom. The molecule has 2 aliphatic carbocycles. The third-order valence-electron chi connectivity index (χ3n) is 4.09. The lowest BCUT2D eigenvalue weighted by molar-refractivity contribution is -0.120. The van der Waals surface area contributed by atoms with Gasteiger partial charge in [-0.15, -0.1) is 0 Å². The van der Waals surface area contributed by atoms with Crippen LogP contribution in [0, 0.1) is 23.7 Å². The Kier molecular flexibility index (Phi) is 2.50. The molecule has 1 saturated carbocycles. The monoisotopic (exact) mass is 192 g/mol. The van der Waals surface area contributed by atoms with Gasteiger partial charge >= 0.3 is 0 Å². The number of carbonyl (C=O) groups is 1. The summed E-state index contributed by atoms with van der Waals surface area (Å²) in [6.45, 7) is 6.69. The van der Waals surface area contributed by atoms with E-state index in [9.17, 15) is 4.79 Å². The van der Waals surface area contributed by atoms with Gasteiger partial charge in [0.2, 0.25) is 0 Å². The average molecular weight is 192 g/mol. The summed E-state index contributed by atoms with van der Waals surface area (Å²) in [5, 5.41) is 0. The summed E-state index contributed by atoms with van der Waals surface area (Å²) in [6.07, 6.45) is 5.49. The third kappa shape index (κ3) is 1.53. The van der Waals surface area contributed by atoms with Gasteiger partial charge in [0.1, 0.15) is 0 Å². The Bertz CT molecular complexity index is 275. The molecule has 2 rings (SSSR count). The second-order valence-electron chi connectivity index (χ2n) is 5.31. The maximum Gasteiger partial charge on any atom is 0.159 e. The summed E-state index contributed by atoms with van der Waals surface area (Å²) in [4.78, 5) is 11.9. The predicted octanol–water partition coefficient (Wildman–Crippen LogP) is 3.20. The molecular formula is C13H20O. The van der Waals surface area contributed by atoms with Crippen molar-refractivity contribution in [1.29, 1.82) is 0 Å². The second-order valence-corrected chi connectivity index (χ2v) is 5.31. The van der Waals surface area contributed by atoms with Gasteiger partial charge in [0.05, 0.1) is 0 Å². The summed E-state index contributed by atoms with van der Waals surface area (Å²) in [7, 11) is 0. The van der Waals surface area contributed by atoms with Crippen LogP contribution in [0.2, 0.25) is 0 Å². The molecule has 0 heterocycles.